The molecule has 0 aliphatic carbocycles. The van der Waals surface area contributed by atoms with Gasteiger partial charge in [0.2, 0.25) is 0 Å². The number of nitrogens with two attached hydrogens (primary N) is 1. The predicted molar refractivity (Wildman–Crippen MR) is 92.6 cm³/mol. The third-order valence-electron chi connectivity index (χ3n) is 4.01. The normalized spacial score (nSPS) is 27.4. The number of nitrogen functional groups attached to an aromatic ring is 1. The van der Waals surface area contributed by atoms with Crippen LogP contribution in [-0.4, -0.2) is 65.4 Å². The number of rotatable bonds is 8. The Morgan fingerprint density at radius 1 is 1.06 bits per heavy atom. The molecule has 17 nitrogen and oxygen atoms in total. The van der Waals surface area contributed by atoms with Gasteiger partial charge in [-0.15, -0.1) is 0 Å². The second kappa shape index (κ2) is 13.7. The van der Waals surface area contributed by atoms with Crippen LogP contribution in [-0.2, 0) is 27.3 Å². The van der Waals surface area contributed by atoms with Gasteiger partial charge in [-0.25, -0.2) is 15.0 Å². The van der Waals surface area contributed by atoms with Gasteiger partial charge in [0.1, 0.15) is 37.8 Å². The zero-order valence-electron chi connectivity index (χ0n) is 18.1. The molecule has 0 aromatic carbocycles. The molecule has 0 bridgehead atoms. The minimum atomic E-state index is -5.76. The second-order valence-corrected chi connectivity index (χ2v) is 11.8. The Morgan fingerprint density at radius 3 is 2.26 bits per heavy atom. The van der Waals surface area contributed by atoms with Gasteiger partial charge in [-0.2, -0.15) is 0 Å². The van der Waals surface area contributed by atoms with E-state index in [1.54, 1.807) is 0 Å². The van der Waals surface area contributed by atoms with E-state index in [1.807, 2.05) is 0 Å². The van der Waals surface area contributed by atoms with Gasteiger partial charge in [0.25, 0.3) is 7.82 Å². The number of aromatic nitrogens is 4. The Morgan fingerprint density at radius 2 is 1.68 bits per heavy atom. The molecule has 7 atom stereocenters. The Bertz CT molecular complexity index is 1120. The van der Waals surface area contributed by atoms with Gasteiger partial charge in [0.15, 0.2) is 25.3 Å². The molecule has 1 fully saturated rings. The van der Waals surface area contributed by atoms with Crippen LogP contribution in [0.3, 0.4) is 0 Å². The number of aliphatic hydroxyl groups excluding tert-OH is 2. The van der Waals surface area contributed by atoms with Crippen LogP contribution in [0.25, 0.3) is 11.2 Å². The average molecular weight is 571 g/mol. The van der Waals surface area contributed by atoms with Crippen molar-refractivity contribution in [2.24, 2.45) is 0 Å². The predicted octanol–water partition coefficient (Wildman–Crippen LogP) is -12.4. The topological polar surface area (TPSA) is 278 Å². The van der Waals surface area contributed by atoms with E-state index in [-0.39, 0.29) is 106 Å². The number of imidazole rings is 1. The van der Waals surface area contributed by atoms with E-state index in [1.165, 1.54) is 10.9 Å². The molecule has 34 heavy (non-hydrogen) atoms. The van der Waals surface area contributed by atoms with E-state index in [0.29, 0.717) is 0 Å². The molecule has 0 saturated carbocycles. The van der Waals surface area contributed by atoms with Crippen molar-refractivity contribution in [3.63, 3.8) is 0 Å². The van der Waals surface area contributed by atoms with Gasteiger partial charge in [0.05, 0.1) is 18.8 Å². The third-order valence-corrected chi connectivity index (χ3v) is 9.14. The van der Waals surface area contributed by atoms with Crippen molar-refractivity contribution in [2.75, 3.05) is 18.2 Å². The van der Waals surface area contributed by atoms with Gasteiger partial charge >= 0.3 is 88.7 Å². The van der Waals surface area contributed by atoms with Gasteiger partial charge in [-0.3, -0.25) is 13.4 Å². The molecule has 174 valence electrons. The number of nitrogens with zero attached hydrogens (tertiary/aromatic N) is 4. The smallest absolute Gasteiger partial charge is 0.778 e. The molecule has 0 spiro atoms. The minimum absolute atomic E-state index is 0. The molecular weight excluding hydrogens is 556 g/mol. The van der Waals surface area contributed by atoms with Gasteiger partial charge < -0.3 is 53.9 Å². The van der Waals surface area contributed by atoms with Crippen molar-refractivity contribution in [1.29, 1.82) is 0 Å². The molecule has 3 rings (SSSR count). The second-order valence-electron chi connectivity index (χ2n) is 6.34. The van der Waals surface area contributed by atoms with Crippen molar-refractivity contribution in [1.82, 2.24) is 19.5 Å². The van der Waals surface area contributed by atoms with Crippen LogP contribution in [0.1, 0.15) is 6.23 Å². The summed E-state index contributed by atoms with van der Waals surface area (Å²) in [6.45, 7) is -0.937. The Kier molecular flexibility index (Phi) is 14.3. The fourth-order valence-corrected chi connectivity index (χ4v) is 7.10. The molecule has 5 N–H and O–H groups in total. The van der Waals surface area contributed by atoms with Gasteiger partial charge in [-0.1, -0.05) is 0 Å². The van der Waals surface area contributed by atoms with Crippen LogP contribution in [0.4, 0.5) is 5.82 Å². The SMILES string of the molecule is Nc1ncnc2c1ncn2C1OC(COP(=O)([O-])CP(=O)([O-])OP(=O)([O-])O)C(O)C1O.[Na+].[Na+].[Na+]. The number of ether oxygens (including phenoxy) is 1. The molecular formula is C11H15N5Na3O12P3. The summed E-state index contributed by atoms with van der Waals surface area (Å²) < 4.78 is 48.1. The van der Waals surface area contributed by atoms with Crippen molar-refractivity contribution >= 4 is 40.0 Å². The number of anilines is 1. The number of hydrogen-bond donors (Lipinski definition) is 4. The van der Waals surface area contributed by atoms with E-state index in [4.69, 9.17) is 15.4 Å². The maximum Gasteiger partial charge on any atom is 1.00 e. The first-order valence-electron chi connectivity index (χ1n) is 8.13. The van der Waals surface area contributed by atoms with Gasteiger partial charge in [-0.05, 0) is 0 Å². The van der Waals surface area contributed by atoms with E-state index in [9.17, 15) is 38.6 Å². The molecule has 23 heteroatoms. The Balaban J connectivity index is 0.00000363. The largest absolute Gasteiger partial charge is 1.00 e. The van der Waals surface area contributed by atoms with Gasteiger partial charge in [0, 0.05) is 0 Å². The minimum Gasteiger partial charge on any atom is -0.778 e. The number of fused-ring (bicyclic) bond motifs is 1. The summed E-state index contributed by atoms with van der Waals surface area (Å²) in [5.41, 5.74) is 6.00. The molecule has 1 aliphatic heterocycles. The maximum absolute atomic E-state index is 11.8. The fraction of sp³-hybridized carbons (Fsp3) is 0.545. The Hall–Kier alpha value is 1.68. The zero-order valence-corrected chi connectivity index (χ0v) is 26.8. The molecule has 2 aromatic rings. The van der Waals surface area contributed by atoms with Crippen molar-refractivity contribution in [3.05, 3.63) is 12.7 Å². The quantitative estimate of drug-likeness (QED) is 0.169. The molecule has 1 aliphatic rings. The summed E-state index contributed by atoms with van der Waals surface area (Å²) in [5, 5.41) is 20.4. The Labute approximate surface area is 258 Å². The maximum atomic E-state index is 11.8. The monoisotopic (exact) mass is 571 g/mol. The average Bonchev–Trinajstić information content (AvgIpc) is 3.13. The fourth-order valence-electron chi connectivity index (χ4n) is 2.78. The summed E-state index contributed by atoms with van der Waals surface area (Å²) in [7, 11) is -16.6. The molecule has 0 amide bonds. The first kappa shape index (κ1) is 35.7. The van der Waals surface area contributed by atoms with Crippen LogP contribution >= 0.6 is 23.0 Å². The van der Waals surface area contributed by atoms with Crippen LogP contribution in [0.15, 0.2) is 12.7 Å². The van der Waals surface area contributed by atoms with Crippen LogP contribution in [0, 0.1) is 0 Å². The first-order valence-corrected chi connectivity index (χ1v) is 13.1. The molecule has 1 saturated heterocycles. The summed E-state index contributed by atoms with van der Waals surface area (Å²) >= 11 is 0. The summed E-state index contributed by atoms with van der Waals surface area (Å²) in [6, 6.07) is 0. The number of aliphatic hydroxyl groups is 2. The third kappa shape index (κ3) is 9.16. The molecule has 0 radical (unpaired) electrons. The van der Waals surface area contributed by atoms with Crippen molar-refractivity contribution in [2.45, 2.75) is 24.5 Å². The molecule has 3 heterocycles. The van der Waals surface area contributed by atoms with E-state index >= 15 is 0 Å². The first-order chi connectivity index (χ1) is 14.2. The van der Waals surface area contributed by atoms with E-state index < -0.39 is 60.1 Å². The number of phosphoric acid groups is 1. The molecule has 7 unspecified atom stereocenters. The summed E-state index contributed by atoms with van der Waals surface area (Å²) in [6.07, 6.45) is -3.69. The summed E-state index contributed by atoms with van der Waals surface area (Å²) in [4.78, 5) is 53.8. The van der Waals surface area contributed by atoms with Crippen LogP contribution < -0.4 is 109 Å². The number of hydrogen-bond acceptors (Lipinski definition) is 15. The standard InChI is InChI=1S/C11H18N5O12P3.3Na/c12-9-6-10(14-2-13-9)16(3-15-6)11-8(18)7(17)5(27-11)1-26-29(19,20)4-30(21,22)28-31(23,24)25;;;/h2-3,5,7-8,11,17-18H,1,4H2,(H,19,20)(H,21,22)(H2,12,13,14)(H2,23,24,25);;;/q;3*+1/p-3. The van der Waals surface area contributed by atoms with Crippen molar-refractivity contribution < 1.29 is 146 Å². The zero-order chi connectivity index (χ0) is 23.2. The van der Waals surface area contributed by atoms with Crippen LogP contribution in [0.5, 0.6) is 0 Å². The van der Waals surface area contributed by atoms with Crippen molar-refractivity contribution in [3.8, 4) is 0 Å². The van der Waals surface area contributed by atoms with E-state index in [2.05, 4.69) is 23.8 Å². The van der Waals surface area contributed by atoms with Crippen LogP contribution in [0.2, 0.25) is 0 Å². The van der Waals surface area contributed by atoms with E-state index in [0.717, 1.165) is 6.33 Å². The molecule has 2 aromatic heterocycles. The summed E-state index contributed by atoms with van der Waals surface area (Å²) in [5.74, 6) is -1.86.